The predicted octanol–water partition coefficient (Wildman–Crippen LogP) is 2.74. The maximum absolute atomic E-state index is 13.2. The maximum Gasteiger partial charge on any atom is 0.379 e. The number of carboxylic acid groups (broad SMARTS) is 1. The van der Waals surface area contributed by atoms with Crippen LogP contribution in [0.15, 0.2) is 18.2 Å². The van der Waals surface area contributed by atoms with Gasteiger partial charge in [0.25, 0.3) is 0 Å². The first-order chi connectivity index (χ1) is 7.51. The van der Waals surface area contributed by atoms with E-state index in [9.17, 15) is 13.6 Å². The topological polar surface area (TPSA) is 37.3 Å². The van der Waals surface area contributed by atoms with Crippen molar-refractivity contribution >= 4 is 5.97 Å². The minimum Gasteiger partial charge on any atom is -0.477 e. The largest absolute Gasteiger partial charge is 0.477 e. The van der Waals surface area contributed by atoms with Crippen molar-refractivity contribution in [2.24, 2.45) is 0 Å². The van der Waals surface area contributed by atoms with E-state index in [-0.39, 0.29) is 0 Å². The molecule has 2 rings (SSSR count). The van der Waals surface area contributed by atoms with E-state index in [0.29, 0.717) is 0 Å². The Morgan fingerprint density at radius 3 is 2.44 bits per heavy atom. The lowest BCUT2D eigenvalue weighted by molar-refractivity contribution is -0.166. The molecule has 0 radical (unpaired) electrons. The van der Waals surface area contributed by atoms with Crippen LogP contribution in [0.5, 0.6) is 0 Å². The van der Waals surface area contributed by atoms with Crippen LogP contribution in [0, 0.1) is 0 Å². The lowest BCUT2D eigenvalue weighted by Crippen LogP contribution is -2.25. The average molecular weight is 226 g/mol. The molecule has 1 aromatic rings. The van der Waals surface area contributed by atoms with E-state index in [0.717, 1.165) is 36.8 Å². The molecule has 1 aliphatic rings. The predicted molar refractivity (Wildman–Crippen MR) is 54.6 cm³/mol. The molecule has 0 aromatic heterocycles. The smallest absolute Gasteiger partial charge is 0.379 e. The van der Waals surface area contributed by atoms with Gasteiger partial charge in [-0.25, -0.2) is 4.79 Å². The van der Waals surface area contributed by atoms with E-state index in [1.165, 1.54) is 12.1 Å². The summed E-state index contributed by atoms with van der Waals surface area (Å²) in [5.74, 6) is -5.88. The number of hydrogen-bond acceptors (Lipinski definition) is 1. The summed E-state index contributed by atoms with van der Waals surface area (Å²) in [5.41, 5.74) is 1.52. The normalized spacial score (nSPS) is 15.6. The zero-order valence-corrected chi connectivity index (χ0v) is 8.67. The van der Waals surface area contributed by atoms with Gasteiger partial charge in [-0.15, -0.1) is 0 Å². The summed E-state index contributed by atoms with van der Waals surface area (Å²) in [5, 5.41) is 8.45. The number of aliphatic carboxylic acids is 1. The number of fused-ring (bicyclic) bond motifs is 1. The van der Waals surface area contributed by atoms with Crippen molar-refractivity contribution in [1.29, 1.82) is 0 Å². The Bertz CT molecular complexity index is 427. The summed E-state index contributed by atoms with van der Waals surface area (Å²) in [6.45, 7) is 0. The molecule has 0 aliphatic heterocycles. The van der Waals surface area contributed by atoms with Crippen LogP contribution in [0.3, 0.4) is 0 Å². The van der Waals surface area contributed by atoms with Gasteiger partial charge in [0.2, 0.25) is 0 Å². The second-order valence-electron chi connectivity index (χ2n) is 4.07. The molecular formula is C12H12F2O2. The Labute approximate surface area is 91.9 Å². The molecule has 0 bridgehead atoms. The van der Waals surface area contributed by atoms with E-state index in [4.69, 9.17) is 5.11 Å². The molecule has 2 nitrogen and oxygen atoms in total. The summed E-state index contributed by atoms with van der Waals surface area (Å²) >= 11 is 0. The molecule has 1 N–H and O–H groups in total. The average Bonchev–Trinajstić information content (AvgIpc) is 2.28. The molecule has 4 heteroatoms. The van der Waals surface area contributed by atoms with E-state index < -0.39 is 17.5 Å². The van der Waals surface area contributed by atoms with Crippen molar-refractivity contribution in [3.8, 4) is 0 Å². The van der Waals surface area contributed by atoms with Gasteiger partial charge in [-0.05, 0) is 42.9 Å². The van der Waals surface area contributed by atoms with Crippen molar-refractivity contribution < 1.29 is 18.7 Å². The Hall–Kier alpha value is -1.45. The molecule has 0 unspecified atom stereocenters. The molecule has 1 aliphatic carbocycles. The third kappa shape index (κ3) is 1.79. The lowest BCUT2D eigenvalue weighted by atomic mass is 9.89. The molecule has 0 spiro atoms. The fourth-order valence-corrected chi connectivity index (χ4v) is 2.05. The second-order valence-corrected chi connectivity index (χ2v) is 4.07. The van der Waals surface area contributed by atoms with Crippen molar-refractivity contribution in [3.63, 3.8) is 0 Å². The van der Waals surface area contributed by atoms with Gasteiger partial charge in [-0.1, -0.05) is 12.1 Å². The highest BCUT2D eigenvalue weighted by atomic mass is 19.3. The summed E-state index contributed by atoms with van der Waals surface area (Å²) in [4.78, 5) is 10.4. The molecule has 0 saturated heterocycles. The molecule has 86 valence electrons. The van der Waals surface area contributed by atoms with Gasteiger partial charge >= 0.3 is 11.9 Å². The summed E-state index contributed by atoms with van der Waals surface area (Å²) in [7, 11) is 0. The summed E-state index contributed by atoms with van der Waals surface area (Å²) in [6.07, 6.45) is 3.71. The molecule has 0 saturated carbocycles. The van der Waals surface area contributed by atoms with E-state index in [2.05, 4.69) is 0 Å². The van der Waals surface area contributed by atoms with Crippen molar-refractivity contribution in [1.82, 2.24) is 0 Å². The maximum atomic E-state index is 13.2. The van der Waals surface area contributed by atoms with E-state index in [1.54, 1.807) is 6.07 Å². The number of aryl methyl sites for hydroxylation is 2. The van der Waals surface area contributed by atoms with Crippen molar-refractivity contribution in [2.45, 2.75) is 31.6 Å². The molecule has 1 aromatic carbocycles. The van der Waals surface area contributed by atoms with Crippen molar-refractivity contribution in [2.75, 3.05) is 0 Å². The molecular weight excluding hydrogens is 214 g/mol. The number of benzene rings is 1. The lowest BCUT2D eigenvalue weighted by Gasteiger charge is -2.18. The zero-order valence-electron chi connectivity index (χ0n) is 8.67. The SMILES string of the molecule is O=C(O)C(F)(F)c1ccc2c(c1)CCCC2. The van der Waals surface area contributed by atoms with Gasteiger partial charge in [0.1, 0.15) is 0 Å². The molecule has 0 amide bonds. The zero-order chi connectivity index (χ0) is 11.8. The Balaban J connectivity index is 2.40. The van der Waals surface area contributed by atoms with Crippen LogP contribution in [0.4, 0.5) is 8.78 Å². The fraction of sp³-hybridized carbons (Fsp3) is 0.417. The first-order valence-corrected chi connectivity index (χ1v) is 5.25. The number of alkyl halides is 2. The monoisotopic (exact) mass is 226 g/mol. The summed E-state index contributed by atoms with van der Waals surface area (Å²) < 4.78 is 26.5. The first kappa shape index (κ1) is 11.0. The molecule has 0 heterocycles. The van der Waals surface area contributed by atoms with Gasteiger partial charge in [-0.2, -0.15) is 8.78 Å². The van der Waals surface area contributed by atoms with Gasteiger partial charge in [0.15, 0.2) is 0 Å². The first-order valence-electron chi connectivity index (χ1n) is 5.25. The number of rotatable bonds is 2. The van der Waals surface area contributed by atoms with E-state index >= 15 is 0 Å². The molecule has 0 fully saturated rings. The van der Waals surface area contributed by atoms with Crippen molar-refractivity contribution in [3.05, 3.63) is 34.9 Å². The van der Waals surface area contributed by atoms with Crippen LogP contribution in [0.2, 0.25) is 0 Å². The van der Waals surface area contributed by atoms with Crippen LogP contribution in [-0.2, 0) is 23.6 Å². The Kier molecular flexibility index (Phi) is 2.66. The molecule has 16 heavy (non-hydrogen) atoms. The number of hydrogen-bond donors (Lipinski definition) is 1. The van der Waals surface area contributed by atoms with Gasteiger partial charge in [-0.3, -0.25) is 0 Å². The highest BCUT2D eigenvalue weighted by Crippen LogP contribution is 2.31. The Morgan fingerprint density at radius 2 is 1.81 bits per heavy atom. The number of carbonyl (C=O) groups is 1. The number of halogens is 2. The van der Waals surface area contributed by atoms with Gasteiger partial charge in [0, 0.05) is 5.56 Å². The standard InChI is InChI=1S/C12H12F2O2/c13-12(14,11(15)16)10-6-5-8-3-1-2-4-9(8)7-10/h5-7H,1-4H2,(H,15,16). The van der Waals surface area contributed by atoms with Crippen LogP contribution in [-0.4, -0.2) is 11.1 Å². The van der Waals surface area contributed by atoms with Crippen LogP contribution in [0.25, 0.3) is 0 Å². The minimum atomic E-state index is -3.79. The van der Waals surface area contributed by atoms with E-state index in [1.807, 2.05) is 0 Å². The van der Waals surface area contributed by atoms with Crippen LogP contribution < -0.4 is 0 Å². The highest BCUT2D eigenvalue weighted by Gasteiger charge is 2.41. The minimum absolute atomic E-state index is 0.416. The van der Waals surface area contributed by atoms with Crippen LogP contribution in [0.1, 0.15) is 29.5 Å². The third-order valence-corrected chi connectivity index (χ3v) is 2.98. The Morgan fingerprint density at radius 1 is 1.19 bits per heavy atom. The van der Waals surface area contributed by atoms with Crippen LogP contribution >= 0.6 is 0 Å². The number of carboxylic acids is 1. The van der Waals surface area contributed by atoms with Gasteiger partial charge < -0.3 is 5.11 Å². The fourth-order valence-electron chi connectivity index (χ4n) is 2.05. The summed E-state index contributed by atoms with van der Waals surface area (Å²) in [6, 6.07) is 4.18. The highest BCUT2D eigenvalue weighted by molar-refractivity contribution is 5.77. The third-order valence-electron chi connectivity index (χ3n) is 2.98. The quantitative estimate of drug-likeness (QED) is 0.841. The van der Waals surface area contributed by atoms with Gasteiger partial charge in [0.05, 0.1) is 0 Å². The second kappa shape index (κ2) is 3.85. The molecule has 0 atom stereocenters.